The van der Waals surface area contributed by atoms with Gasteiger partial charge in [-0.25, -0.2) is 15.0 Å². The van der Waals surface area contributed by atoms with Crippen LogP contribution >= 0.6 is 11.6 Å². The molecule has 0 aliphatic carbocycles. The lowest BCUT2D eigenvalue weighted by molar-refractivity contribution is 0.190. The van der Waals surface area contributed by atoms with E-state index in [1.165, 1.54) is 6.33 Å². The van der Waals surface area contributed by atoms with E-state index in [0.717, 1.165) is 17.1 Å². The fourth-order valence-electron chi connectivity index (χ4n) is 2.38. The SMILES string of the molecule is COC[C@H](C)Nc1cc(-c2ncnc(Nc3cccc(Cl)c3)n2)ccn1. The van der Waals surface area contributed by atoms with Crippen LogP contribution in [0.2, 0.25) is 5.02 Å². The lowest BCUT2D eigenvalue weighted by Gasteiger charge is -2.13. The van der Waals surface area contributed by atoms with Gasteiger partial charge >= 0.3 is 0 Å². The third kappa shape index (κ3) is 4.87. The summed E-state index contributed by atoms with van der Waals surface area (Å²) in [4.78, 5) is 17.2. The van der Waals surface area contributed by atoms with E-state index >= 15 is 0 Å². The first-order chi connectivity index (χ1) is 12.6. The molecule has 2 heterocycles. The molecule has 0 amide bonds. The zero-order valence-electron chi connectivity index (χ0n) is 14.5. The summed E-state index contributed by atoms with van der Waals surface area (Å²) >= 11 is 6.00. The lowest BCUT2D eigenvalue weighted by atomic mass is 10.2. The van der Waals surface area contributed by atoms with E-state index in [0.29, 0.717) is 23.4 Å². The van der Waals surface area contributed by atoms with Gasteiger partial charge in [0.05, 0.1) is 6.61 Å². The molecule has 0 spiro atoms. The van der Waals surface area contributed by atoms with Gasteiger partial charge < -0.3 is 15.4 Å². The Bertz CT molecular complexity index is 876. The Hall–Kier alpha value is -2.77. The number of hydrogen-bond acceptors (Lipinski definition) is 7. The van der Waals surface area contributed by atoms with E-state index in [-0.39, 0.29) is 6.04 Å². The molecule has 0 aliphatic heterocycles. The van der Waals surface area contributed by atoms with E-state index in [2.05, 4.69) is 30.6 Å². The van der Waals surface area contributed by atoms with Crippen molar-refractivity contribution in [1.82, 2.24) is 19.9 Å². The van der Waals surface area contributed by atoms with Gasteiger partial charge in [-0.15, -0.1) is 0 Å². The molecule has 26 heavy (non-hydrogen) atoms. The normalized spacial score (nSPS) is 11.8. The molecule has 0 unspecified atom stereocenters. The van der Waals surface area contributed by atoms with Crippen molar-refractivity contribution < 1.29 is 4.74 Å². The van der Waals surface area contributed by atoms with Crippen molar-refractivity contribution in [3.8, 4) is 11.4 Å². The van der Waals surface area contributed by atoms with Crippen LogP contribution < -0.4 is 10.6 Å². The van der Waals surface area contributed by atoms with Crippen LogP contribution in [0.3, 0.4) is 0 Å². The van der Waals surface area contributed by atoms with E-state index in [1.807, 2.05) is 37.3 Å². The molecular formula is C18H19ClN6O. The van der Waals surface area contributed by atoms with Crippen LogP contribution in [-0.2, 0) is 4.74 Å². The third-order valence-electron chi connectivity index (χ3n) is 3.48. The maximum absolute atomic E-state index is 6.00. The van der Waals surface area contributed by atoms with Crippen LogP contribution in [0, 0.1) is 0 Å². The first-order valence-corrected chi connectivity index (χ1v) is 8.45. The predicted molar refractivity (Wildman–Crippen MR) is 103 cm³/mol. The van der Waals surface area contributed by atoms with Crippen molar-refractivity contribution in [2.24, 2.45) is 0 Å². The summed E-state index contributed by atoms with van der Waals surface area (Å²) in [5, 5.41) is 7.04. The number of methoxy groups -OCH3 is 1. The van der Waals surface area contributed by atoms with Crippen molar-refractivity contribution in [1.29, 1.82) is 0 Å². The highest BCUT2D eigenvalue weighted by atomic mass is 35.5. The first kappa shape index (κ1) is 18.0. The first-order valence-electron chi connectivity index (χ1n) is 8.07. The van der Waals surface area contributed by atoms with Crippen molar-refractivity contribution >= 4 is 29.1 Å². The highest BCUT2D eigenvalue weighted by molar-refractivity contribution is 6.30. The second-order valence-electron chi connectivity index (χ2n) is 5.70. The van der Waals surface area contributed by atoms with Gasteiger partial charge in [0, 0.05) is 35.6 Å². The van der Waals surface area contributed by atoms with Crippen LogP contribution in [0.15, 0.2) is 48.9 Å². The van der Waals surface area contributed by atoms with Gasteiger partial charge in [-0.1, -0.05) is 17.7 Å². The molecular weight excluding hydrogens is 352 g/mol. The minimum absolute atomic E-state index is 0.140. The van der Waals surface area contributed by atoms with Crippen molar-refractivity contribution in [2.45, 2.75) is 13.0 Å². The second kappa shape index (κ2) is 8.55. The molecule has 2 N–H and O–H groups in total. The zero-order chi connectivity index (χ0) is 18.4. The fourth-order valence-corrected chi connectivity index (χ4v) is 2.57. The van der Waals surface area contributed by atoms with Crippen LogP contribution in [0.4, 0.5) is 17.5 Å². The molecule has 8 heteroatoms. The molecule has 0 bridgehead atoms. The number of hydrogen-bond donors (Lipinski definition) is 2. The number of ether oxygens (including phenoxy) is 1. The summed E-state index contributed by atoms with van der Waals surface area (Å²) in [5.41, 5.74) is 1.64. The van der Waals surface area contributed by atoms with Gasteiger partial charge in [0.1, 0.15) is 12.1 Å². The molecule has 0 saturated heterocycles. The van der Waals surface area contributed by atoms with E-state index in [9.17, 15) is 0 Å². The standard InChI is InChI=1S/C18H19ClN6O/c1-12(10-26-2)23-16-8-13(6-7-20-16)17-21-11-22-18(25-17)24-15-5-3-4-14(19)9-15/h3-9,11-12H,10H2,1-2H3,(H,20,23)(H,21,22,24,25)/t12-/m0/s1. The number of aromatic nitrogens is 4. The summed E-state index contributed by atoms with van der Waals surface area (Å²) in [6.07, 6.45) is 3.18. The van der Waals surface area contributed by atoms with Crippen LogP contribution in [0.1, 0.15) is 6.92 Å². The fraction of sp³-hybridized carbons (Fsp3) is 0.222. The summed E-state index contributed by atoms with van der Waals surface area (Å²) in [5.74, 6) is 1.72. The largest absolute Gasteiger partial charge is 0.383 e. The summed E-state index contributed by atoms with van der Waals surface area (Å²) in [6.45, 7) is 2.61. The summed E-state index contributed by atoms with van der Waals surface area (Å²) in [7, 11) is 1.67. The number of pyridine rings is 1. The highest BCUT2D eigenvalue weighted by Crippen LogP contribution is 2.21. The molecule has 134 valence electrons. The minimum Gasteiger partial charge on any atom is -0.383 e. The number of halogens is 1. The van der Waals surface area contributed by atoms with Crippen LogP contribution in [-0.4, -0.2) is 39.7 Å². The molecule has 0 saturated carbocycles. The Labute approximate surface area is 156 Å². The monoisotopic (exact) mass is 370 g/mol. The minimum atomic E-state index is 0.140. The molecule has 1 atom stereocenters. The van der Waals surface area contributed by atoms with Crippen LogP contribution in [0.25, 0.3) is 11.4 Å². The molecule has 3 aromatic rings. The van der Waals surface area contributed by atoms with Crippen molar-refractivity contribution in [2.75, 3.05) is 24.4 Å². The molecule has 3 rings (SSSR count). The maximum atomic E-state index is 6.00. The number of anilines is 3. The maximum Gasteiger partial charge on any atom is 0.230 e. The smallest absolute Gasteiger partial charge is 0.230 e. The Morgan fingerprint density at radius 2 is 2.04 bits per heavy atom. The lowest BCUT2D eigenvalue weighted by Crippen LogP contribution is -2.21. The molecule has 0 radical (unpaired) electrons. The van der Waals surface area contributed by atoms with E-state index < -0.39 is 0 Å². The van der Waals surface area contributed by atoms with Gasteiger partial charge in [-0.05, 0) is 37.3 Å². The highest BCUT2D eigenvalue weighted by Gasteiger charge is 2.08. The third-order valence-corrected chi connectivity index (χ3v) is 3.72. The quantitative estimate of drug-likeness (QED) is 0.654. The molecule has 7 nitrogen and oxygen atoms in total. The van der Waals surface area contributed by atoms with Gasteiger partial charge in [0.2, 0.25) is 5.95 Å². The number of benzene rings is 1. The van der Waals surface area contributed by atoms with Crippen molar-refractivity contribution in [3.63, 3.8) is 0 Å². The zero-order valence-corrected chi connectivity index (χ0v) is 15.2. The predicted octanol–water partition coefficient (Wildman–Crippen LogP) is 3.78. The molecule has 1 aromatic carbocycles. The molecule has 2 aromatic heterocycles. The van der Waals surface area contributed by atoms with Crippen molar-refractivity contribution in [3.05, 3.63) is 53.9 Å². The number of nitrogens with one attached hydrogen (secondary N) is 2. The topological polar surface area (TPSA) is 84.9 Å². The average molecular weight is 371 g/mol. The van der Waals surface area contributed by atoms with E-state index in [4.69, 9.17) is 16.3 Å². The number of rotatable bonds is 7. The van der Waals surface area contributed by atoms with Gasteiger partial charge in [-0.3, -0.25) is 0 Å². The Kier molecular flexibility index (Phi) is 5.93. The van der Waals surface area contributed by atoms with Gasteiger partial charge in [0.15, 0.2) is 5.82 Å². The Balaban J connectivity index is 1.79. The van der Waals surface area contributed by atoms with E-state index in [1.54, 1.807) is 19.4 Å². The average Bonchev–Trinajstić information content (AvgIpc) is 2.62. The van der Waals surface area contributed by atoms with Gasteiger partial charge in [0.25, 0.3) is 0 Å². The summed E-state index contributed by atoms with van der Waals surface area (Å²) in [6, 6.07) is 11.2. The Morgan fingerprint density at radius 3 is 2.85 bits per heavy atom. The Morgan fingerprint density at radius 1 is 1.15 bits per heavy atom. The molecule has 0 aliphatic rings. The van der Waals surface area contributed by atoms with Crippen LogP contribution in [0.5, 0.6) is 0 Å². The van der Waals surface area contributed by atoms with Gasteiger partial charge in [-0.2, -0.15) is 4.98 Å². The second-order valence-corrected chi connectivity index (χ2v) is 6.13. The molecule has 0 fully saturated rings. The summed E-state index contributed by atoms with van der Waals surface area (Å²) < 4.78 is 5.13. The number of nitrogens with zero attached hydrogens (tertiary/aromatic N) is 4.